The first kappa shape index (κ1) is 24.3. The summed E-state index contributed by atoms with van der Waals surface area (Å²) < 4.78 is 26.5. The minimum absolute atomic E-state index is 0.0885. The van der Waals surface area contributed by atoms with Crippen LogP contribution in [0.4, 0.5) is 14.9 Å². The number of halogens is 1. The standard InChI is InChI=1S/C30H34FN2O3/c31-26-14-12-24(13-15-26)22-32(27-8-3-1-4-9-27)30(34)36-29-23-33(19-16-25(29)17-20-33)18-7-21-35-28-10-5-2-6-11-28/h1-6,8-15,25,29H,7,16-23H2/q+1. The summed E-state index contributed by atoms with van der Waals surface area (Å²) in [6.07, 6.45) is 2.71. The second-order valence-corrected chi connectivity index (χ2v) is 10.0. The molecule has 0 saturated carbocycles. The first-order chi connectivity index (χ1) is 17.6. The molecule has 6 heteroatoms. The molecule has 0 aliphatic carbocycles. The van der Waals surface area contributed by atoms with Gasteiger partial charge >= 0.3 is 6.09 Å². The minimum atomic E-state index is -0.338. The number of anilines is 1. The number of fused-ring (bicyclic) bond motifs is 3. The highest BCUT2D eigenvalue weighted by Crippen LogP contribution is 2.36. The largest absolute Gasteiger partial charge is 0.493 e. The van der Waals surface area contributed by atoms with E-state index < -0.39 is 0 Å². The van der Waals surface area contributed by atoms with Gasteiger partial charge in [-0.1, -0.05) is 48.5 Å². The number of carbonyl (C=O) groups is 1. The van der Waals surface area contributed by atoms with Crippen molar-refractivity contribution in [2.75, 3.05) is 37.7 Å². The van der Waals surface area contributed by atoms with Crippen molar-refractivity contribution >= 4 is 11.8 Å². The Morgan fingerprint density at radius 1 is 0.917 bits per heavy atom. The fourth-order valence-electron chi connectivity index (χ4n) is 5.61. The SMILES string of the molecule is O=C(OC1C[N+]2(CCCOc3ccccc3)CCC1CC2)N(Cc1ccc(F)cc1)c1ccccc1. The molecule has 1 amide bonds. The van der Waals surface area contributed by atoms with Gasteiger partial charge in [0.05, 0.1) is 32.8 Å². The van der Waals surface area contributed by atoms with E-state index in [1.165, 1.54) is 12.1 Å². The molecule has 3 aliphatic rings. The summed E-state index contributed by atoms with van der Waals surface area (Å²) in [5.74, 6) is 1.03. The zero-order chi connectivity index (χ0) is 24.8. The Hall–Kier alpha value is -3.38. The molecular formula is C30H34FN2O3+. The van der Waals surface area contributed by atoms with Crippen LogP contribution in [0.5, 0.6) is 5.75 Å². The Morgan fingerprint density at radius 2 is 1.58 bits per heavy atom. The molecule has 0 radical (unpaired) electrons. The Kier molecular flexibility index (Phi) is 7.52. The third-order valence-electron chi connectivity index (χ3n) is 7.62. The van der Waals surface area contributed by atoms with Crippen LogP contribution in [0.1, 0.15) is 24.8 Å². The van der Waals surface area contributed by atoms with Crippen LogP contribution in [0, 0.1) is 11.7 Å². The fourth-order valence-corrected chi connectivity index (χ4v) is 5.61. The van der Waals surface area contributed by atoms with Crippen molar-refractivity contribution in [3.8, 4) is 5.75 Å². The van der Waals surface area contributed by atoms with Crippen LogP contribution in [0.25, 0.3) is 0 Å². The van der Waals surface area contributed by atoms with E-state index in [4.69, 9.17) is 9.47 Å². The number of nitrogens with zero attached hydrogens (tertiary/aromatic N) is 2. The van der Waals surface area contributed by atoms with E-state index >= 15 is 0 Å². The molecule has 3 aliphatic heterocycles. The van der Waals surface area contributed by atoms with Crippen LogP contribution < -0.4 is 9.64 Å². The van der Waals surface area contributed by atoms with Gasteiger partial charge in [-0.25, -0.2) is 9.18 Å². The molecule has 2 bridgehead atoms. The van der Waals surface area contributed by atoms with Gasteiger partial charge in [0.2, 0.25) is 0 Å². The molecule has 6 rings (SSSR count). The Labute approximate surface area is 212 Å². The number of para-hydroxylation sites is 2. The average Bonchev–Trinajstić information content (AvgIpc) is 2.92. The van der Waals surface area contributed by atoms with E-state index in [-0.39, 0.29) is 18.0 Å². The lowest BCUT2D eigenvalue weighted by molar-refractivity contribution is -0.946. The van der Waals surface area contributed by atoms with Crippen molar-refractivity contribution in [1.82, 2.24) is 0 Å². The van der Waals surface area contributed by atoms with Gasteiger partial charge < -0.3 is 14.0 Å². The van der Waals surface area contributed by atoms with Gasteiger partial charge in [0, 0.05) is 30.9 Å². The van der Waals surface area contributed by atoms with E-state index in [2.05, 4.69) is 0 Å². The van der Waals surface area contributed by atoms with Gasteiger partial charge in [0.1, 0.15) is 18.1 Å². The van der Waals surface area contributed by atoms with Gasteiger partial charge in [-0.05, 0) is 42.0 Å². The normalized spacial score (nSPS) is 22.7. The fraction of sp³-hybridized carbons (Fsp3) is 0.367. The van der Waals surface area contributed by atoms with Crippen LogP contribution >= 0.6 is 0 Å². The number of rotatable bonds is 9. The average molecular weight is 490 g/mol. The summed E-state index contributed by atoms with van der Waals surface area (Å²) in [4.78, 5) is 15.1. The van der Waals surface area contributed by atoms with Gasteiger partial charge in [0.15, 0.2) is 6.10 Å². The molecule has 1 atom stereocenters. The van der Waals surface area contributed by atoms with Crippen LogP contribution in [-0.2, 0) is 11.3 Å². The maximum absolute atomic E-state index is 13.5. The molecule has 1 unspecified atom stereocenters. The lowest BCUT2D eigenvalue weighted by Gasteiger charge is -2.52. The van der Waals surface area contributed by atoms with Crippen LogP contribution in [0.2, 0.25) is 0 Å². The Bertz CT molecular complexity index is 1120. The smallest absolute Gasteiger partial charge is 0.415 e. The molecule has 188 valence electrons. The Balaban J connectivity index is 1.22. The van der Waals surface area contributed by atoms with E-state index in [9.17, 15) is 9.18 Å². The molecular weight excluding hydrogens is 455 g/mol. The number of benzene rings is 3. The number of carbonyl (C=O) groups excluding carboxylic acids is 1. The summed E-state index contributed by atoms with van der Waals surface area (Å²) in [5, 5.41) is 0. The van der Waals surface area contributed by atoms with Crippen molar-refractivity contribution in [3.05, 3.63) is 96.3 Å². The van der Waals surface area contributed by atoms with Gasteiger partial charge in [-0.3, -0.25) is 4.90 Å². The van der Waals surface area contributed by atoms with Gasteiger partial charge in [-0.2, -0.15) is 0 Å². The molecule has 3 aromatic carbocycles. The maximum atomic E-state index is 13.5. The van der Waals surface area contributed by atoms with Crippen LogP contribution in [0.15, 0.2) is 84.9 Å². The van der Waals surface area contributed by atoms with Crippen LogP contribution in [-0.4, -0.2) is 49.5 Å². The highest BCUT2D eigenvalue weighted by atomic mass is 19.1. The number of quaternary nitrogens is 1. The molecule has 3 heterocycles. The summed E-state index contributed by atoms with van der Waals surface area (Å²) >= 11 is 0. The summed E-state index contributed by atoms with van der Waals surface area (Å²) in [7, 11) is 0. The second kappa shape index (κ2) is 11.1. The zero-order valence-electron chi connectivity index (χ0n) is 20.6. The molecule has 3 saturated heterocycles. The predicted octanol–water partition coefficient (Wildman–Crippen LogP) is 6.05. The number of ether oxygens (including phenoxy) is 2. The van der Waals surface area contributed by atoms with Crippen molar-refractivity contribution < 1.29 is 23.1 Å². The monoisotopic (exact) mass is 489 g/mol. The molecule has 0 spiro atoms. The molecule has 0 aromatic heterocycles. The number of hydrogen-bond donors (Lipinski definition) is 0. The van der Waals surface area contributed by atoms with Crippen molar-refractivity contribution in [2.45, 2.75) is 31.9 Å². The first-order valence-corrected chi connectivity index (χ1v) is 12.9. The number of amides is 1. The molecule has 3 fully saturated rings. The molecule has 5 nitrogen and oxygen atoms in total. The van der Waals surface area contributed by atoms with E-state index in [0.717, 1.165) is 66.9 Å². The van der Waals surface area contributed by atoms with Gasteiger partial charge in [0.25, 0.3) is 0 Å². The van der Waals surface area contributed by atoms with Crippen molar-refractivity contribution in [2.24, 2.45) is 5.92 Å². The predicted molar refractivity (Wildman–Crippen MR) is 138 cm³/mol. The lowest BCUT2D eigenvalue weighted by Crippen LogP contribution is -2.65. The molecule has 3 aromatic rings. The van der Waals surface area contributed by atoms with E-state index in [1.807, 2.05) is 60.7 Å². The minimum Gasteiger partial charge on any atom is -0.493 e. The number of piperidine rings is 3. The highest BCUT2D eigenvalue weighted by Gasteiger charge is 2.47. The highest BCUT2D eigenvalue weighted by molar-refractivity contribution is 5.87. The van der Waals surface area contributed by atoms with Crippen LogP contribution in [0.3, 0.4) is 0 Å². The topological polar surface area (TPSA) is 38.8 Å². The van der Waals surface area contributed by atoms with E-state index in [1.54, 1.807) is 17.0 Å². The van der Waals surface area contributed by atoms with Gasteiger partial charge in [-0.15, -0.1) is 0 Å². The second-order valence-electron chi connectivity index (χ2n) is 10.0. The molecule has 0 N–H and O–H groups in total. The third kappa shape index (κ3) is 5.88. The maximum Gasteiger partial charge on any atom is 0.415 e. The quantitative estimate of drug-likeness (QED) is 0.271. The summed E-state index contributed by atoms with van der Waals surface area (Å²) in [5.41, 5.74) is 1.63. The Morgan fingerprint density at radius 3 is 2.28 bits per heavy atom. The van der Waals surface area contributed by atoms with E-state index in [0.29, 0.717) is 19.1 Å². The zero-order valence-corrected chi connectivity index (χ0v) is 20.6. The molecule has 36 heavy (non-hydrogen) atoms. The lowest BCUT2D eigenvalue weighted by atomic mass is 9.83. The third-order valence-corrected chi connectivity index (χ3v) is 7.62. The van der Waals surface area contributed by atoms with Crippen molar-refractivity contribution in [3.63, 3.8) is 0 Å². The number of hydrogen-bond acceptors (Lipinski definition) is 3. The summed E-state index contributed by atoms with van der Waals surface area (Å²) in [6, 6.07) is 25.8. The van der Waals surface area contributed by atoms with Crippen molar-refractivity contribution in [1.29, 1.82) is 0 Å². The first-order valence-electron chi connectivity index (χ1n) is 12.9. The summed E-state index contributed by atoms with van der Waals surface area (Å²) in [6.45, 7) is 5.20.